The molecule has 6 heteroatoms. The lowest BCUT2D eigenvalue weighted by atomic mass is 10.3. The quantitative estimate of drug-likeness (QED) is 0.836. The Kier molecular flexibility index (Phi) is 3.34. The van der Waals surface area contributed by atoms with E-state index in [1.807, 2.05) is 0 Å². The lowest BCUT2D eigenvalue weighted by molar-refractivity contribution is 0.0692. The molecule has 0 saturated carbocycles. The van der Waals surface area contributed by atoms with Crippen molar-refractivity contribution in [3.63, 3.8) is 0 Å². The molecular weight excluding hydrogens is 238 g/mol. The maximum Gasteiger partial charge on any atom is 0.338 e. The van der Waals surface area contributed by atoms with E-state index in [0.29, 0.717) is 15.9 Å². The third-order valence-corrected chi connectivity index (χ3v) is 2.91. The van der Waals surface area contributed by atoms with Crippen molar-refractivity contribution < 1.29 is 9.90 Å². The molecule has 0 fully saturated rings. The van der Waals surface area contributed by atoms with Crippen LogP contribution in [0.3, 0.4) is 0 Å². The fourth-order valence-electron chi connectivity index (χ4n) is 1.23. The van der Waals surface area contributed by atoms with Gasteiger partial charge in [0, 0.05) is 12.4 Å². The maximum atomic E-state index is 11.0. The van der Waals surface area contributed by atoms with Crippen LogP contribution in [-0.2, 0) is 0 Å². The van der Waals surface area contributed by atoms with Gasteiger partial charge in [0.25, 0.3) is 0 Å². The summed E-state index contributed by atoms with van der Waals surface area (Å²) in [6.45, 7) is 1.78. The van der Waals surface area contributed by atoms with Gasteiger partial charge in [-0.2, -0.15) is 0 Å². The van der Waals surface area contributed by atoms with E-state index in [1.54, 1.807) is 31.5 Å². The lowest BCUT2D eigenvalue weighted by Crippen LogP contribution is -2.00. The van der Waals surface area contributed by atoms with Crippen LogP contribution in [0.15, 0.2) is 40.6 Å². The van der Waals surface area contributed by atoms with Crippen molar-refractivity contribution in [2.45, 2.75) is 17.0 Å². The van der Waals surface area contributed by atoms with Gasteiger partial charge in [-0.3, -0.25) is 0 Å². The average Bonchev–Trinajstić information content (AvgIpc) is 2.29. The molecule has 2 heterocycles. The largest absolute Gasteiger partial charge is 0.478 e. The number of carbonyl (C=O) groups is 1. The predicted octanol–water partition coefficient (Wildman–Crippen LogP) is 2.03. The molecule has 86 valence electrons. The number of carboxylic acid groups (broad SMARTS) is 1. The van der Waals surface area contributed by atoms with E-state index in [4.69, 9.17) is 5.11 Å². The summed E-state index contributed by atoms with van der Waals surface area (Å²) in [6, 6.07) is 4.84. The summed E-state index contributed by atoms with van der Waals surface area (Å²) in [5, 5.41) is 10.1. The summed E-state index contributed by atoms with van der Waals surface area (Å²) in [5.74, 6) is -0.353. The van der Waals surface area contributed by atoms with Gasteiger partial charge < -0.3 is 5.11 Å². The molecule has 2 aromatic heterocycles. The first kappa shape index (κ1) is 11.5. The Morgan fingerprint density at radius 1 is 1.29 bits per heavy atom. The average molecular weight is 247 g/mol. The number of pyridine rings is 1. The van der Waals surface area contributed by atoms with Crippen molar-refractivity contribution in [2.24, 2.45) is 0 Å². The van der Waals surface area contributed by atoms with Crippen LogP contribution in [0.5, 0.6) is 0 Å². The minimum atomic E-state index is -0.994. The molecule has 0 radical (unpaired) electrons. The molecule has 0 aliphatic rings. The third-order valence-electron chi connectivity index (χ3n) is 1.95. The Hall–Kier alpha value is -1.95. The zero-order valence-electron chi connectivity index (χ0n) is 8.99. The minimum absolute atomic E-state index is 0.175. The van der Waals surface area contributed by atoms with Gasteiger partial charge in [0.15, 0.2) is 0 Å². The first-order valence-electron chi connectivity index (χ1n) is 4.82. The highest BCUT2D eigenvalue weighted by molar-refractivity contribution is 7.99. The highest BCUT2D eigenvalue weighted by Gasteiger charge is 2.12. The molecule has 0 bridgehead atoms. The smallest absolute Gasteiger partial charge is 0.338 e. The molecule has 0 spiro atoms. The van der Waals surface area contributed by atoms with Crippen LogP contribution < -0.4 is 0 Å². The van der Waals surface area contributed by atoms with Crippen LogP contribution in [0.4, 0.5) is 0 Å². The molecule has 0 saturated heterocycles. The van der Waals surface area contributed by atoms with Crippen LogP contribution >= 0.6 is 11.8 Å². The number of aromatic nitrogens is 3. The Morgan fingerprint density at radius 2 is 2.12 bits per heavy atom. The van der Waals surface area contributed by atoms with Gasteiger partial charge in [0.1, 0.15) is 15.9 Å². The zero-order valence-corrected chi connectivity index (χ0v) is 9.81. The highest BCUT2D eigenvalue weighted by atomic mass is 32.2. The summed E-state index contributed by atoms with van der Waals surface area (Å²) in [7, 11) is 0. The Balaban J connectivity index is 2.33. The van der Waals surface area contributed by atoms with E-state index < -0.39 is 5.97 Å². The summed E-state index contributed by atoms with van der Waals surface area (Å²) in [4.78, 5) is 23.2. The SMILES string of the molecule is Cc1nccc(Sc2ncccc2C(=O)O)n1. The van der Waals surface area contributed by atoms with E-state index >= 15 is 0 Å². The van der Waals surface area contributed by atoms with Gasteiger partial charge in [-0.15, -0.1) is 0 Å². The summed E-state index contributed by atoms with van der Waals surface area (Å²) in [5.41, 5.74) is 0.175. The van der Waals surface area contributed by atoms with Crippen molar-refractivity contribution in [1.29, 1.82) is 0 Å². The molecule has 0 aliphatic heterocycles. The van der Waals surface area contributed by atoms with Gasteiger partial charge in [-0.1, -0.05) is 0 Å². The second-order valence-corrected chi connectivity index (χ2v) is 4.21. The van der Waals surface area contributed by atoms with Crippen LogP contribution in [0.25, 0.3) is 0 Å². The molecule has 0 atom stereocenters. The molecule has 17 heavy (non-hydrogen) atoms. The van der Waals surface area contributed by atoms with E-state index in [1.165, 1.54) is 17.8 Å². The van der Waals surface area contributed by atoms with Crippen LogP contribution in [-0.4, -0.2) is 26.0 Å². The number of hydrogen-bond acceptors (Lipinski definition) is 5. The van der Waals surface area contributed by atoms with Crippen molar-refractivity contribution in [2.75, 3.05) is 0 Å². The minimum Gasteiger partial charge on any atom is -0.478 e. The van der Waals surface area contributed by atoms with E-state index in [2.05, 4.69) is 15.0 Å². The van der Waals surface area contributed by atoms with E-state index in [9.17, 15) is 4.79 Å². The molecule has 2 rings (SSSR count). The number of nitrogens with zero attached hydrogens (tertiary/aromatic N) is 3. The van der Waals surface area contributed by atoms with Crippen LogP contribution in [0.1, 0.15) is 16.2 Å². The van der Waals surface area contributed by atoms with Crippen LogP contribution in [0.2, 0.25) is 0 Å². The van der Waals surface area contributed by atoms with Gasteiger partial charge >= 0.3 is 5.97 Å². The van der Waals surface area contributed by atoms with Crippen molar-refractivity contribution in [3.05, 3.63) is 42.0 Å². The van der Waals surface area contributed by atoms with E-state index in [0.717, 1.165) is 0 Å². The number of rotatable bonds is 3. The molecule has 0 amide bonds. The lowest BCUT2D eigenvalue weighted by Gasteiger charge is -2.03. The molecular formula is C11H9N3O2S. The predicted molar refractivity (Wildman–Crippen MR) is 62.1 cm³/mol. The molecule has 5 nitrogen and oxygen atoms in total. The van der Waals surface area contributed by atoms with Crippen molar-refractivity contribution in [3.8, 4) is 0 Å². The number of aromatic carboxylic acids is 1. The van der Waals surface area contributed by atoms with Crippen molar-refractivity contribution >= 4 is 17.7 Å². The van der Waals surface area contributed by atoms with Crippen LogP contribution in [0, 0.1) is 6.92 Å². The Bertz CT molecular complexity index is 560. The molecule has 1 N–H and O–H groups in total. The molecule has 0 aromatic carbocycles. The Labute approximate surface area is 102 Å². The zero-order chi connectivity index (χ0) is 12.3. The first-order chi connectivity index (χ1) is 8.16. The highest BCUT2D eigenvalue weighted by Crippen LogP contribution is 2.26. The molecule has 0 unspecified atom stereocenters. The second-order valence-electron chi connectivity index (χ2n) is 3.21. The number of hydrogen-bond donors (Lipinski definition) is 1. The normalized spacial score (nSPS) is 10.2. The monoisotopic (exact) mass is 247 g/mol. The van der Waals surface area contributed by atoms with E-state index in [-0.39, 0.29) is 5.56 Å². The molecule has 0 aliphatic carbocycles. The maximum absolute atomic E-state index is 11.0. The van der Waals surface area contributed by atoms with Gasteiger partial charge in [-0.25, -0.2) is 19.7 Å². The number of carboxylic acids is 1. The fraction of sp³-hybridized carbons (Fsp3) is 0.0909. The standard InChI is InChI=1S/C11H9N3O2S/c1-7-12-6-4-9(14-7)17-10-8(11(15)16)3-2-5-13-10/h2-6H,1H3,(H,15,16). The first-order valence-corrected chi connectivity index (χ1v) is 5.64. The fourth-order valence-corrected chi connectivity index (χ4v) is 2.11. The van der Waals surface area contributed by atoms with Gasteiger partial charge in [0.05, 0.1) is 5.56 Å². The topological polar surface area (TPSA) is 76.0 Å². The third kappa shape index (κ3) is 2.79. The second kappa shape index (κ2) is 4.92. The summed E-state index contributed by atoms with van der Waals surface area (Å²) < 4.78 is 0. The Morgan fingerprint density at radius 3 is 2.82 bits per heavy atom. The summed E-state index contributed by atoms with van der Waals surface area (Å²) >= 11 is 1.21. The number of aryl methyl sites for hydroxylation is 1. The summed E-state index contributed by atoms with van der Waals surface area (Å²) in [6.07, 6.45) is 3.19. The van der Waals surface area contributed by atoms with Gasteiger partial charge in [0.2, 0.25) is 0 Å². The molecule has 2 aromatic rings. The van der Waals surface area contributed by atoms with Crippen molar-refractivity contribution in [1.82, 2.24) is 15.0 Å². The van der Waals surface area contributed by atoms with Gasteiger partial charge in [-0.05, 0) is 36.9 Å².